The van der Waals surface area contributed by atoms with Crippen LogP contribution in [0.4, 0.5) is 10.1 Å². The first kappa shape index (κ1) is 15.7. The summed E-state index contributed by atoms with van der Waals surface area (Å²) >= 11 is 1.15. The molecule has 0 unspecified atom stereocenters. The first-order chi connectivity index (χ1) is 10.7. The van der Waals surface area contributed by atoms with Gasteiger partial charge >= 0.3 is 0 Å². The highest BCUT2D eigenvalue weighted by molar-refractivity contribution is 8.13. The molecule has 0 saturated heterocycles. The number of ketones is 1. The number of hydrogen-bond donors (Lipinski definition) is 1. The van der Waals surface area contributed by atoms with E-state index in [4.69, 9.17) is 5.26 Å². The van der Waals surface area contributed by atoms with Crippen molar-refractivity contribution < 1.29 is 9.18 Å². The van der Waals surface area contributed by atoms with E-state index in [0.29, 0.717) is 5.56 Å². The van der Waals surface area contributed by atoms with Gasteiger partial charge in [-0.05, 0) is 18.4 Å². The molecule has 2 rings (SSSR count). The molecule has 22 heavy (non-hydrogen) atoms. The van der Waals surface area contributed by atoms with Crippen LogP contribution in [0.15, 0.2) is 53.5 Å². The topological polar surface area (TPSA) is 65.2 Å². The van der Waals surface area contributed by atoms with E-state index >= 15 is 0 Å². The average Bonchev–Trinajstić information content (AvgIpc) is 2.56. The summed E-state index contributed by atoms with van der Waals surface area (Å²) in [4.78, 5) is 16.6. The van der Waals surface area contributed by atoms with Crippen molar-refractivity contribution in [2.45, 2.75) is 0 Å². The van der Waals surface area contributed by atoms with Crippen LogP contribution in [-0.2, 0) is 0 Å². The van der Waals surface area contributed by atoms with Crippen LogP contribution in [0.2, 0.25) is 0 Å². The van der Waals surface area contributed by atoms with E-state index in [1.807, 2.05) is 0 Å². The van der Waals surface area contributed by atoms with E-state index in [1.165, 1.54) is 18.2 Å². The Morgan fingerprint density at radius 3 is 2.59 bits per heavy atom. The van der Waals surface area contributed by atoms with Crippen LogP contribution in [0.1, 0.15) is 15.9 Å². The van der Waals surface area contributed by atoms with Crippen molar-refractivity contribution in [3.63, 3.8) is 0 Å². The highest BCUT2D eigenvalue weighted by Gasteiger charge is 2.17. The smallest absolute Gasteiger partial charge is 0.195 e. The number of nitrogens with zero attached hydrogens (tertiary/aromatic N) is 2. The fraction of sp³-hybridized carbons (Fsp3) is 0.0625. The van der Waals surface area contributed by atoms with Crippen LogP contribution in [0.5, 0.6) is 0 Å². The third kappa shape index (κ3) is 3.51. The third-order valence-electron chi connectivity index (χ3n) is 2.84. The zero-order valence-corrected chi connectivity index (χ0v) is 12.5. The van der Waals surface area contributed by atoms with Gasteiger partial charge in [-0.15, -0.1) is 0 Å². The van der Waals surface area contributed by atoms with E-state index in [-0.39, 0.29) is 22.2 Å². The van der Waals surface area contributed by atoms with Crippen LogP contribution >= 0.6 is 11.8 Å². The summed E-state index contributed by atoms with van der Waals surface area (Å²) in [7, 11) is 0. The standard InChI is InChI=1S/C16H12FN3OS/c1-22-16(19-10-18)20-14-12(8-5-9-13(14)17)15(21)11-6-3-2-4-7-11/h2-9H,1H3,(H,19,20). The third-order valence-corrected chi connectivity index (χ3v) is 3.42. The fourth-order valence-corrected chi connectivity index (χ4v) is 2.16. The molecule has 0 amide bonds. The Morgan fingerprint density at radius 2 is 1.95 bits per heavy atom. The summed E-state index contributed by atoms with van der Waals surface area (Å²) in [6.45, 7) is 0. The van der Waals surface area contributed by atoms with Gasteiger partial charge in [0.25, 0.3) is 0 Å². The van der Waals surface area contributed by atoms with Crippen molar-refractivity contribution in [1.82, 2.24) is 5.32 Å². The molecule has 0 atom stereocenters. The predicted octanol–water partition coefficient (Wildman–Crippen LogP) is 3.48. The number of rotatable bonds is 3. The van der Waals surface area contributed by atoms with Crippen molar-refractivity contribution in [1.29, 1.82) is 5.26 Å². The van der Waals surface area contributed by atoms with Gasteiger partial charge in [0.05, 0.1) is 5.56 Å². The average molecular weight is 313 g/mol. The van der Waals surface area contributed by atoms with Crippen molar-refractivity contribution in [2.24, 2.45) is 4.99 Å². The largest absolute Gasteiger partial charge is 0.289 e. The molecule has 0 aliphatic rings. The van der Waals surface area contributed by atoms with Crippen molar-refractivity contribution in [2.75, 3.05) is 6.26 Å². The quantitative estimate of drug-likeness (QED) is 0.310. The number of thioether (sulfide) groups is 1. The molecular formula is C16H12FN3OS. The minimum atomic E-state index is -0.618. The molecule has 1 N–H and O–H groups in total. The number of para-hydroxylation sites is 1. The first-order valence-corrected chi connectivity index (χ1v) is 7.56. The molecule has 6 heteroatoms. The van der Waals surface area contributed by atoms with Crippen LogP contribution in [0.3, 0.4) is 0 Å². The lowest BCUT2D eigenvalue weighted by atomic mass is 10.0. The number of carbonyl (C=O) groups excluding carboxylic acids is 1. The number of nitrogens with one attached hydrogen (secondary N) is 1. The number of nitriles is 1. The number of benzene rings is 2. The maximum atomic E-state index is 14.1. The zero-order chi connectivity index (χ0) is 15.9. The molecule has 4 nitrogen and oxygen atoms in total. The van der Waals surface area contributed by atoms with Gasteiger partial charge in [0.1, 0.15) is 11.5 Å². The molecule has 2 aromatic rings. The number of halogens is 1. The van der Waals surface area contributed by atoms with Gasteiger partial charge in [0, 0.05) is 5.56 Å². The molecule has 110 valence electrons. The summed E-state index contributed by atoms with van der Waals surface area (Å²) in [6, 6.07) is 12.8. The second-order valence-corrected chi connectivity index (χ2v) is 4.98. The highest BCUT2D eigenvalue weighted by atomic mass is 32.2. The Kier molecular flexibility index (Phi) is 5.28. The number of aliphatic imine (C=N–C) groups is 1. The lowest BCUT2D eigenvalue weighted by molar-refractivity contribution is 0.103. The molecule has 2 aromatic carbocycles. The van der Waals surface area contributed by atoms with Gasteiger partial charge in [-0.2, -0.15) is 5.26 Å². The molecule has 0 aromatic heterocycles. The van der Waals surface area contributed by atoms with Crippen molar-refractivity contribution in [3.05, 3.63) is 65.5 Å². The number of hydrogen-bond acceptors (Lipinski definition) is 4. The lowest BCUT2D eigenvalue weighted by Gasteiger charge is -2.07. The monoisotopic (exact) mass is 313 g/mol. The molecule has 0 fully saturated rings. The van der Waals surface area contributed by atoms with Crippen molar-refractivity contribution in [3.8, 4) is 6.19 Å². The predicted molar refractivity (Wildman–Crippen MR) is 85.6 cm³/mol. The summed E-state index contributed by atoms with van der Waals surface area (Å²) in [6.07, 6.45) is 3.43. The number of carbonyl (C=O) groups is 1. The Bertz CT molecular complexity index is 754. The molecule has 0 aliphatic carbocycles. The maximum absolute atomic E-state index is 14.1. The van der Waals surface area contributed by atoms with E-state index in [1.54, 1.807) is 42.8 Å². The van der Waals surface area contributed by atoms with E-state index < -0.39 is 5.82 Å². The molecule has 0 bridgehead atoms. The summed E-state index contributed by atoms with van der Waals surface area (Å²) in [5.74, 6) is -0.940. The Balaban J connectivity index is 2.52. The summed E-state index contributed by atoms with van der Waals surface area (Å²) in [5.41, 5.74) is 0.518. The second kappa shape index (κ2) is 7.38. The maximum Gasteiger partial charge on any atom is 0.195 e. The Hall–Kier alpha value is -2.65. The number of amidine groups is 1. The van der Waals surface area contributed by atoms with Gasteiger partial charge in [-0.1, -0.05) is 48.2 Å². The van der Waals surface area contributed by atoms with Gasteiger partial charge in [-0.25, -0.2) is 9.38 Å². The lowest BCUT2D eigenvalue weighted by Crippen LogP contribution is -2.13. The van der Waals surface area contributed by atoms with E-state index in [0.717, 1.165) is 11.8 Å². The van der Waals surface area contributed by atoms with E-state index in [2.05, 4.69) is 10.3 Å². The first-order valence-electron chi connectivity index (χ1n) is 6.33. The molecule has 0 radical (unpaired) electrons. The summed E-state index contributed by atoms with van der Waals surface area (Å²) < 4.78 is 14.1. The van der Waals surface area contributed by atoms with Gasteiger partial charge in [0.15, 0.2) is 17.1 Å². The molecule has 0 saturated carbocycles. The van der Waals surface area contributed by atoms with Gasteiger partial charge in [-0.3, -0.25) is 10.1 Å². The minimum absolute atomic E-state index is 0.0801. The molecular weight excluding hydrogens is 301 g/mol. The zero-order valence-electron chi connectivity index (χ0n) is 11.7. The summed E-state index contributed by atoms with van der Waals surface area (Å²) in [5, 5.41) is 11.2. The van der Waals surface area contributed by atoms with Crippen LogP contribution < -0.4 is 5.32 Å². The SMILES string of the molecule is CSC(=Nc1c(F)cccc1C(=O)c1ccccc1)NC#N. The van der Waals surface area contributed by atoms with Crippen molar-refractivity contribution >= 4 is 28.4 Å². The fourth-order valence-electron chi connectivity index (χ4n) is 1.83. The molecule has 0 heterocycles. The van der Waals surface area contributed by atoms with Gasteiger partial charge in [0.2, 0.25) is 0 Å². The molecule has 0 aliphatic heterocycles. The van der Waals surface area contributed by atoms with Crippen LogP contribution in [-0.4, -0.2) is 17.2 Å². The second-order valence-electron chi connectivity index (χ2n) is 4.19. The van der Waals surface area contributed by atoms with Crippen LogP contribution in [0.25, 0.3) is 0 Å². The Morgan fingerprint density at radius 1 is 1.23 bits per heavy atom. The minimum Gasteiger partial charge on any atom is -0.289 e. The van der Waals surface area contributed by atoms with Gasteiger partial charge < -0.3 is 0 Å². The highest BCUT2D eigenvalue weighted by Crippen LogP contribution is 2.26. The normalized spacial score (nSPS) is 10.9. The Labute approximate surface area is 131 Å². The van der Waals surface area contributed by atoms with Crippen LogP contribution in [0, 0.1) is 17.3 Å². The van der Waals surface area contributed by atoms with E-state index in [9.17, 15) is 9.18 Å². The molecule has 0 spiro atoms.